The molecule has 1 aliphatic heterocycles. The second-order valence-electron chi connectivity index (χ2n) is 3.41. The fraction of sp³-hybridized carbons (Fsp3) is 0.400. The molecule has 2 atom stereocenters. The van der Waals surface area contributed by atoms with Crippen molar-refractivity contribution < 1.29 is 9.50 Å². The van der Waals surface area contributed by atoms with Crippen LogP contribution in [0.5, 0.6) is 0 Å². The number of nitrogens with one attached hydrogen (secondary N) is 1. The van der Waals surface area contributed by atoms with Gasteiger partial charge in [-0.1, -0.05) is 12.1 Å². The monoisotopic (exact) mass is 181 g/mol. The number of β-amino-alcohol motifs (C(OH)–C–C–N with tert-alkyl or cyclic N) is 1. The van der Waals surface area contributed by atoms with Crippen LogP contribution in [0, 0.1) is 5.82 Å². The van der Waals surface area contributed by atoms with Crippen LogP contribution in [0.25, 0.3) is 0 Å². The molecule has 0 aliphatic carbocycles. The molecule has 1 aromatic rings. The van der Waals surface area contributed by atoms with Crippen LogP contribution < -0.4 is 5.32 Å². The third-order valence-corrected chi connectivity index (χ3v) is 2.36. The Hall–Kier alpha value is -0.930. The Balaban J connectivity index is 2.16. The summed E-state index contributed by atoms with van der Waals surface area (Å²) < 4.78 is 12.8. The molecular formula is C10H12FNO. The maximum Gasteiger partial charge on any atom is 0.123 e. The van der Waals surface area contributed by atoms with E-state index in [0.717, 1.165) is 5.56 Å². The van der Waals surface area contributed by atoms with Gasteiger partial charge in [-0.2, -0.15) is 0 Å². The summed E-state index contributed by atoms with van der Waals surface area (Å²) >= 11 is 0. The van der Waals surface area contributed by atoms with Gasteiger partial charge in [0.1, 0.15) is 5.82 Å². The molecule has 3 heteroatoms. The van der Waals surface area contributed by atoms with Crippen molar-refractivity contribution in [2.75, 3.05) is 6.54 Å². The van der Waals surface area contributed by atoms with Gasteiger partial charge in [-0.15, -0.1) is 0 Å². The van der Waals surface area contributed by atoms with Gasteiger partial charge in [-0.05, 0) is 24.1 Å². The molecular weight excluding hydrogens is 169 g/mol. The fourth-order valence-corrected chi connectivity index (χ4v) is 1.69. The number of halogens is 1. The van der Waals surface area contributed by atoms with E-state index in [4.69, 9.17) is 0 Å². The standard InChI is InChI=1S/C10H12FNO/c11-8-3-1-2-7(4-8)10-5-9(13)6-12-10/h1-4,9-10,12-13H,5-6H2. The Bertz CT molecular complexity index is 303. The van der Waals surface area contributed by atoms with Gasteiger partial charge in [-0.3, -0.25) is 0 Å². The van der Waals surface area contributed by atoms with E-state index in [1.807, 2.05) is 6.07 Å². The van der Waals surface area contributed by atoms with E-state index < -0.39 is 0 Å². The van der Waals surface area contributed by atoms with Crippen LogP contribution in [0.1, 0.15) is 18.0 Å². The molecule has 2 rings (SSSR count). The fourth-order valence-electron chi connectivity index (χ4n) is 1.69. The minimum Gasteiger partial charge on any atom is -0.392 e. The van der Waals surface area contributed by atoms with Gasteiger partial charge in [0.05, 0.1) is 6.10 Å². The Morgan fingerprint density at radius 1 is 1.46 bits per heavy atom. The summed E-state index contributed by atoms with van der Waals surface area (Å²) in [5.74, 6) is -0.222. The highest BCUT2D eigenvalue weighted by molar-refractivity contribution is 5.21. The summed E-state index contributed by atoms with van der Waals surface area (Å²) in [7, 11) is 0. The minimum atomic E-state index is -0.298. The maximum absolute atomic E-state index is 12.8. The summed E-state index contributed by atoms with van der Waals surface area (Å²) in [5.41, 5.74) is 0.913. The van der Waals surface area contributed by atoms with Crippen LogP contribution in [0.4, 0.5) is 4.39 Å². The highest BCUT2D eigenvalue weighted by Gasteiger charge is 2.23. The van der Waals surface area contributed by atoms with Crippen molar-refractivity contribution in [2.24, 2.45) is 0 Å². The maximum atomic E-state index is 12.8. The molecule has 0 radical (unpaired) electrons. The van der Waals surface area contributed by atoms with Gasteiger partial charge in [0.15, 0.2) is 0 Å². The van der Waals surface area contributed by atoms with Crippen LogP contribution in [0.3, 0.4) is 0 Å². The smallest absolute Gasteiger partial charge is 0.123 e. The number of hydrogen-bond donors (Lipinski definition) is 2. The molecule has 2 N–H and O–H groups in total. The molecule has 2 unspecified atom stereocenters. The molecule has 0 aromatic heterocycles. The molecule has 0 bridgehead atoms. The summed E-state index contributed by atoms with van der Waals surface area (Å²) in [6.45, 7) is 0.598. The molecule has 0 spiro atoms. The second-order valence-corrected chi connectivity index (χ2v) is 3.41. The van der Waals surface area contributed by atoms with Crippen molar-refractivity contribution in [1.29, 1.82) is 0 Å². The van der Waals surface area contributed by atoms with E-state index >= 15 is 0 Å². The van der Waals surface area contributed by atoms with Gasteiger partial charge in [0.25, 0.3) is 0 Å². The quantitative estimate of drug-likeness (QED) is 0.682. The van der Waals surface area contributed by atoms with E-state index in [0.29, 0.717) is 13.0 Å². The SMILES string of the molecule is OC1CNC(c2cccc(F)c2)C1. The summed E-state index contributed by atoms with van der Waals surface area (Å²) in [5, 5.41) is 12.4. The van der Waals surface area contributed by atoms with E-state index in [-0.39, 0.29) is 18.0 Å². The largest absolute Gasteiger partial charge is 0.392 e. The molecule has 1 saturated heterocycles. The topological polar surface area (TPSA) is 32.3 Å². The van der Waals surface area contributed by atoms with Crippen molar-refractivity contribution in [3.8, 4) is 0 Å². The van der Waals surface area contributed by atoms with Gasteiger partial charge in [0, 0.05) is 12.6 Å². The van der Waals surface area contributed by atoms with Gasteiger partial charge in [-0.25, -0.2) is 4.39 Å². The lowest BCUT2D eigenvalue weighted by Crippen LogP contribution is -2.14. The molecule has 0 saturated carbocycles. The first-order valence-electron chi connectivity index (χ1n) is 4.42. The highest BCUT2D eigenvalue weighted by Crippen LogP contribution is 2.23. The minimum absolute atomic E-state index is 0.102. The number of aliphatic hydroxyl groups is 1. The Morgan fingerprint density at radius 2 is 2.31 bits per heavy atom. The lowest BCUT2D eigenvalue weighted by molar-refractivity contribution is 0.193. The van der Waals surface area contributed by atoms with Crippen molar-refractivity contribution in [1.82, 2.24) is 5.32 Å². The normalized spacial score (nSPS) is 27.8. The Labute approximate surface area is 76.4 Å². The van der Waals surface area contributed by atoms with Crippen LogP contribution >= 0.6 is 0 Å². The first-order valence-corrected chi connectivity index (χ1v) is 4.42. The summed E-state index contributed by atoms with van der Waals surface area (Å²) in [4.78, 5) is 0. The van der Waals surface area contributed by atoms with Crippen molar-refractivity contribution >= 4 is 0 Å². The number of hydrogen-bond acceptors (Lipinski definition) is 2. The van der Waals surface area contributed by atoms with E-state index in [1.54, 1.807) is 6.07 Å². The molecule has 0 amide bonds. The highest BCUT2D eigenvalue weighted by atomic mass is 19.1. The molecule has 13 heavy (non-hydrogen) atoms. The zero-order chi connectivity index (χ0) is 9.26. The zero-order valence-corrected chi connectivity index (χ0v) is 7.20. The molecule has 1 aliphatic rings. The molecule has 1 aromatic carbocycles. The average Bonchev–Trinajstić information content (AvgIpc) is 2.52. The zero-order valence-electron chi connectivity index (χ0n) is 7.20. The van der Waals surface area contributed by atoms with E-state index in [2.05, 4.69) is 5.32 Å². The van der Waals surface area contributed by atoms with Gasteiger partial charge in [0.2, 0.25) is 0 Å². The van der Waals surface area contributed by atoms with Crippen molar-refractivity contribution in [3.63, 3.8) is 0 Å². The predicted molar refractivity (Wildman–Crippen MR) is 47.8 cm³/mol. The third-order valence-electron chi connectivity index (χ3n) is 2.36. The van der Waals surface area contributed by atoms with Crippen LogP contribution in [0.2, 0.25) is 0 Å². The first-order chi connectivity index (χ1) is 6.25. The number of aliphatic hydroxyl groups excluding tert-OH is 1. The molecule has 70 valence electrons. The molecule has 1 fully saturated rings. The molecule has 2 nitrogen and oxygen atoms in total. The van der Waals surface area contributed by atoms with Gasteiger partial charge < -0.3 is 10.4 Å². The lowest BCUT2D eigenvalue weighted by atomic mass is 10.0. The van der Waals surface area contributed by atoms with Crippen LogP contribution in [0.15, 0.2) is 24.3 Å². The predicted octanol–water partition coefficient (Wildman–Crippen LogP) is 1.22. The summed E-state index contributed by atoms with van der Waals surface area (Å²) in [6, 6.07) is 6.60. The van der Waals surface area contributed by atoms with Crippen LogP contribution in [-0.2, 0) is 0 Å². The number of rotatable bonds is 1. The summed E-state index contributed by atoms with van der Waals surface area (Å²) in [6.07, 6.45) is 0.372. The Morgan fingerprint density at radius 3 is 2.92 bits per heavy atom. The van der Waals surface area contributed by atoms with Crippen molar-refractivity contribution in [2.45, 2.75) is 18.6 Å². The van der Waals surface area contributed by atoms with Crippen molar-refractivity contribution in [3.05, 3.63) is 35.6 Å². The number of benzene rings is 1. The first kappa shape index (κ1) is 8.66. The lowest BCUT2D eigenvalue weighted by Gasteiger charge is -2.09. The van der Waals surface area contributed by atoms with E-state index in [9.17, 15) is 9.50 Å². The third kappa shape index (κ3) is 1.87. The van der Waals surface area contributed by atoms with Crippen LogP contribution in [-0.4, -0.2) is 17.8 Å². The second kappa shape index (κ2) is 3.44. The Kier molecular flexibility index (Phi) is 2.29. The molecule has 1 heterocycles. The average molecular weight is 181 g/mol. The van der Waals surface area contributed by atoms with Gasteiger partial charge >= 0.3 is 0 Å². The van der Waals surface area contributed by atoms with E-state index in [1.165, 1.54) is 12.1 Å².